The molecule has 4 aromatic rings. The summed E-state index contributed by atoms with van der Waals surface area (Å²) < 4.78 is 5.97. The van der Waals surface area contributed by atoms with Crippen molar-refractivity contribution in [3.8, 4) is 5.75 Å². The van der Waals surface area contributed by atoms with Crippen molar-refractivity contribution in [3.05, 3.63) is 102 Å². The molecule has 0 unspecified atom stereocenters. The van der Waals surface area contributed by atoms with Crippen molar-refractivity contribution >= 4 is 28.0 Å². The van der Waals surface area contributed by atoms with Gasteiger partial charge in [-0.15, -0.1) is 0 Å². The molecule has 5 rings (SSSR count). The fraction of sp³-hybridized carbons (Fsp3) is 0.0417. The lowest BCUT2D eigenvalue weighted by Crippen LogP contribution is -2.16. The molecule has 27 heavy (non-hydrogen) atoms. The van der Waals surface area contributed by atoms with Gasteiger partial charge in [0.1, 0.15) is 18.2 Å². The second-order valence-corrected chi connectivity index (χ2v) is 6.57. The minimum absolute atomic E-state index is 0.548. The zero-order valence-corrected chi connectivity index (χ0v) is 14.7. The topological polar surface area (TPSA) is 33.6 Å². The van der Waals surface area contributed by atoms with Crippen LogP contribution in [0, 0.1) is 0 Å². The predicted molar refractivity (Wildman–Crippen MR) is 111 cm³/mol. The van der Waals surface area contributed by atoms with E-state index in [1.54, 1.807) is 0 Å². The molecule has 0 amide bonds. The molecule has 130 valence electrons. The van der Waals surface area contributed by atoms with Crippen molar-refractivity contribution < 1.29 is 4.74 Å². The molecule has 0 aromatic heterocycles. The summed E-state index contributed by atoms with van der Waals surface area (Å²) in [5, 5.41) is 5.83. The molecule has 1 N–H and O–H groups in total. The Labute approximate surface area is 158 Å². The van der Waals surface area contributed by atoms with Crippen LogP contribution >= 0.6 is 0 Å². The summed E-state index contributed by atoms with van der Waals surface area (Å²) in [4.78, 5) is 4.84. The standard InChI is InChI=1S/C24H18N2O/c1-2-7-17(8-3-1)16-27-20-12-4-11-19(15-20)24-25-21-13-5-9-18-10-6-14-22(26-24)23(18)21/h1-15H,16H2,(H,25,26). The molecule has 0 aliphatic carbocycles. The van der Waals surface area contributed by atoms with E-state index in [0.717, 1.165) is 34.1 Å². The number of anilines is 1. The van der Waals surface area contributed by atoms with Crippen LogP contribution in [0.5, 0.6) is 5.75 Å². The summed E-state index contributed by atoms with van der Waals surface area (Å²) in [5.41, 5.74) is 4.24. The van der Waals surface area contributed by atoms with E-state index in [9.17, 15) is 0 Å². The zero-order valence-electron chi connectivity index (χ0n) is 14.7. The van der Waals surface area contributed by atoms with Crippen LogP contribution in [0.25, 0.3) is 10.8 Å². The van der Waals surface area contributed by atoms with Crippen molar-refractivity contribution in [1.29, 1.82) is 0 Å². The monoisotopic (exact) mass is 350 g/mol. The number of amidine groups is 1. The van der Waals surface area contributed by atoms with Crippen molar-refractivity contribution in [2.45, 2.75) is 6.61 Å². The van der Waals surface area contributed by atoms with E-state index in [2.05, 4.69) is 53.8 Å². The predicted octanol–water partition coefficient (Wildman–Crippen LogP) is 5.92. The number of ether oxygens (including phenoxy) is 1. The quantitative estimate of drug-likeness (QED) is 0.495. The highest BCUT2D eigenvalue weighted by atomic mass is 16.5. The van der Waals surface area contributed by atoms with E-state index in [4.69, 9.17) is 9.73 Å². The summed E-state index contributed by atoms with van der Waals surface area (Å²) in [6.45, 7) is 0.548. The minimum atomic E-state index is 0.548. The van der Waals surface area contributed by atoms with Gasteiger partial charge >= 0.3 is 0 Å². The Morgan fingerprint density at radius 2 is 1.59 bits per heavy atom. The van der Waals surface area contributed by atoms with Crippen LogP contribution in [-0.4, -0.2) is 5.84 Å². The van der Waals surface area contributed by atoms with Gasteiger partial charge in [0.15, 0.2) is 0 Å². The normalized spacial score (nSPS) is 12.4. The highest BCUT2D eigenvalue weighted by Gasteiger charge is 2.15. The van der Waals surface area contributed by atoms with E-state index >= 15 is 0 Å². The van der Waals surface area contributed by atoms with Gasteiger partial charge in [0.2, 0.25) is 0 Å². The highest BCUT2D eigenvalue weighted by Crippen LogP contribution is 2.36. The van der Waals surface area contributed by atoms with Gasteiger partial charge in [-0.05, 0) is 35.2 Å². The van der Waals surface area contributed by atoms with Crippen LogP contribution in [0.4, 0.5) is 11.4 Å². The number of aliphatic imine (C=N–C) groups is 1. The molecule has 0 bridgehead atoms. The first-order valence-electron chi connectivity index (χ1n) is 9.01. The van der Waals surface area contributed by atoms with Crippen molar-refractivity contribution in [3.63, 3.8) is 0 Å². The van der Waals surface area contributed by atoms with Gasteiger partial charge in [-0.25, -0.2) is 4.99 Å². The zero-order chi connectivity index (χ0) is 18.1. The van der Waals surface area contributed by atoms with E-state index in [1.807, 2.05) is 42.5 Å². The van der Waals surface area contributed by atoms with Gasteiger partial charge < -0.3 is 10.1 Å². The fourth-order valence-corrected chi connectivity index (χ4v) is 3.41. The third kappa shape index (κ3) is 3.04. The molecule has 0 radical (unpaired) electrons. The Kier molecular flexibility index (Phi) is 3.83. The van der Waals surface area contributed by atoms with Gasteiger partial charge in [-0.2, -0.15) is 0 Å². The van der Waals surface area contributed by atoms with Crippen LogP contribution in [-0.2, 0) is 6.61 Å². The van der Waals surface area contributed by atoms with E-state index in [1.165, 1.54) is 10.8 Å². The highest BCUT2D eigenvalue weighted by molar-refractivity contribution is 6.19. The molecule has 3 nitrogen and oxygen atoms in total. The maximum absolute atomic E-state index is 5.97. The molecule has 4 aromatic carbocycles. The maximum atomic E-state index is 5.97. The summed E-state index contributed by atoms with van der Waals surface area (Å²) in [6, 6.07) is 30.7. The molecule has 1 aliphatic rings. The van der Waals surface area contributed by atoms with Crippen LogP contribution in [0.15, 0.2) is 96.0 Å². The van der Waals surface area contributed by atoms with Crippen molar-refractivity contribution in [2.24, 2.45) is 4.99 Å². The third-order valence-electron chi connectivity index (χ3n) is 4.72. The molecule has 0 atom stereocenters. The Morgan fingerprint density at radius 3 is 2.48 bits per heavy atom. The second kappa shape index (κ2) is 6.61. The summed E-state index contributed by atoms with van der Waals surface area (Å²) >= 11 is 0. The first-order chi connectivity index (χ1) is 13.4. The SMILES string of the molecule is c1ccc(COc2cccc(C3=Nc4cccc5cccc(c45)N3)c2)cc1. The first-order valence-corrected chi connectivity index (χ1v) is 9.01. The van der Waals surface area contributed by atoms with Crippen LogP contribution in [0.3, 0.4) is 0 Å². The summed E-state index contributed by atoms with van der Waals surface area (Å²) in [6.07, 6.45) is 0. The number of rotatable bonds is 4. The summed E-state index contributed by atoms with van der Waals surface area (Å²) in [7, 11) is 0. The molecular formula is C24H18N2O. The van der Waals surface area contributed by atoms with Crippen LogP contribution < -0.4 is 10.1 Å². The Morgan fingerprint density at radius 1 is 0.778 bits per heavy atom. The lowest BCUT2D eigenvalue weighted by Gasteiger charge is -2.19. The molecular weight excluding hydrogens is 332 g/mol. The van der Waals surface area contributed by atoms with Crippen molar-refractivity contribution in [1.82, 2.24) is 0 Å². The Bertz CT molecular complexity index is 1140. The Hall–Kier alpha value is -3.59. The van der Waals surface area contributed by atoms with Gasteiger partial charge in [0.25, 0.3) is 0 Å². The molecule has 1 heterocycles. The number of hydrogen-bond acceptors (Lipinski definition) is 3. The third-order valence-corrected chi connectivity index (χ3v) is 4.72. The lowest BCUT2D eigenvalue weighted by atomic mass is 10.0. The maximum Gasteiger partial charge on any atom is 0.138 e. The van der Waals surface area contributed by atoms with E-state index < -0.39 is 0 Å². The largest absolute Gasteiger partial charge is 0.489 e. The van der Waals surface area contributed by atoms with Crippen LogP contribution in [0.1, 0.15) is 11.1 Å². The van der Waals surface area contributed by atoms with Gasteiger partial charge in [-0.1, -0.05) is 66.7 Å². The number of nitrogens with one attached hydrogen (secondary N) is 1. The number of hydrogen-bond donors (Lipinski definition) is 1. The second-order valence-electron chi connectivity index (χ2n) is 6.57. The van der Waals surface area contributed by atoms with Gasteiger partial charge in [0.05, 0.1) is 5.69 Å². The average Bonchev–Trinajstić information content (AvgIpc) is 2.74. The molecule has 0 saturated heterocycles. The number of nitrogens with zero attached hydrogens (tertiary/aromatic N) is 1. The van der Waals surface area contributed by atoms with Crippen LogP contribution in [0.2, 0.25) is 0 Å². The molecule has 0 spiro atoms. The smallest absolute Gasteiger partial charge is 0.138 e. The average molecular weight is 350 g/mol. The van der Waals surface area contributed by atoms with E-state index in [-0.39, 0.29) is 0 Å². The Balaban J connectivity index is 1.45. The van der Waals surface area contributed by atoms with Gasteiger partial charge in [0, 0.05) is 16.6 Å². The molecule has 3 heteroatoms. The summed E-state index contributed by atoms with van der Waals surface area (Å²) in [5.74, 6) is 1.67. The van der Waals surface area contributed by atoms with Crippen molar-refractivity contribution in [2.75, 3.05) is 5.32 Å². The fourth-order valence-electron chi connectivity index (χ4n) is 3.41. The molecule has 0 saturated carbocycles. The number of benzene rings is 4. The van der Waals surface area contributed by atoms with Gasteiger partial charge in [-0.3, -0.25) is 0 Å². The molecule has 0 fully saturated rings. The minimum Gasteiger partial charge on any atom is -0.489 e. The first kappa shape index (κ1) is 15.6. The lowest BCUT2D eigenvalue weighted by molar-refractivity contribution is 0.306. The van der Waals surface area contributed by atoms with E-state index in [0.29, 0.717) is 6.61 Å². The molecule has 1 aliphatic heterocycles.